The second-order valence-electron chi connectivity index (χ2n) is 13.3. The number of ketones is 1. The molecule has 4 amide bonds. The first-order chi connectivity index (χ1) is 26.2. The molecular formula is C38H38F3N7O7. The highest BCUT2D eigenvalue weighted by Crippen LogP contribution is 2.40. The van der Waals surface area contributed by atoms with Gasteiger partial charge in [-0.2, -0.15) is 5.10 Å². The summed E-state index contributed by atoms with van der Waals surface area (Å²) >= 11 is 0. The van der Waals surface area contributed by atoms with Crippen molar-refractivity contribution in [2.75, 3.05) is 30.4 Å². The van der Waals surface area contributed by atoms with Crippen molar-refractivity contribution in [2.45, 2.75) is 46.1 Å². The van der Waals surface area contributed by atoms with Crippen LogP contribution in [-0.2, 0) is 9.53 Å². The summed E-state index contributed by atoms with van der Waals surface area (Å²) in [4.78, 5) is 55.3. The van der Waals surface area contributed by atoms with E-state index < -0.39 is 48.7 Å². The third-order valence-corrected chi connectivity index (χ3v) is 8.82. The molecule has 2 fully saturated rings. The van der Waals surface area contributed by atoms with Gasteiger partial charge in [-0.1, -0.05) is 26.0 Å². The predicted molar refractivity (Wildman–Crippen MR) is 195 cm³/mol. The Morgan fingerprint density at radius 2 is 1.78 bits per heavy atom. The number of halogens is 3. The molecule has 2 aliphatic rings. The quantitative estimate of drug-likeness (QED) is 0.0970. The second-order valence-corrected chi connectivity index (χ2v) is 13.3. The summed E-state index contributed by atoms with van der Waals surface area (Å²) in [5.41, 5.74) is 12.9. The Morgan fingerprint density at radius 1 is 1.02 bits per heavy atom. The summed E-state index contributed by atoms with van der Waals surface area (Å²) in [6.45, 7) is 5.56. The van der Waals surface area contributed by atoms with Gasteiger partial charge < -0.3 is 35.6 Å². The molecule has 14 nitrogen and oxygen atoms in total. The van der Waals surface area contributed by atoms with Crippen LogP contribution in [0.2, 0.25) is 0 Å². The number of nitrogens with two attached hydrogens (primary N) is 2. The molecule has 55 heavy (non-hydrogen) atoms. The molecule has 5 aromatic rings. The number of benzene rings is 3. The zero-order chi connectivity index (χ0) is 39.6. The van der Waals surface area contributed by atoms with E-state index in [1.807, 2.05) is 13.8 Å². The van der Waals surface area contributed by atoms with E-state index in [4.69, 9.17) is 15.2 Å². The smallest absolute Gasteiger partial charge is 0.404 e. The van der Waals surface area contributed by atoms with Gasteiger partial charge >= 0.3 is 12.1 Å². The van der Waals surface area contributed by atoms with Gasteiger partial charge in [0.05, 0.1) is 35.4 Å². The molecule has 17 heteroatoms. The highest BCUT2D eigenvalue weighted by molar-refractivity contribution is 6.23. The number of primary amides is 1. The molecule has 2 aliphatic heterocycles. The maximum atomic E-state index is 14.1. The molecule has 2 aromatic heterocycles. The van der Waals surface area contributed by atoms with E-state index in [-0.39, 0.29) is 34.3 Å². The molecular weight excluding hydrogens is 723 g/mol. The van der Waals surface area contributed by atoms with Crippen molar-refractivity contribution in [2.24, 2.45) is 11.7 Å². The fourth-order valence-electron chi connectivity index (χ4n) is 6.26. The highest BCUT2D eigenvalue weighted by atomic mass is 19.3. The molecule has 2 saturated heterocycles. The molecule has 0 radical (unpaired) electrons. The predicted octanol–water partition coefficient (Wildman–Crippen LogP) is 6.72. The molecule has 0 aliphatic carbocycles. The number of para-hydroxylation sites is 1. The third kappa shape index (κ3) is 8.05. The van der Waals surface area contributed by atoms with E-state index in [1.54, 1.807) is 37.3 Å². The normalized spacial score (nSPS) is 15.1. The second kappa shape index (κ2) is 15.8. The number of H-pyrrole nitrogens is 1. The number of amides is 4. The number of imide groups is 1. The van der Waals surface area contributed by atoms with Gasteiger partial charge in [0.2, 0.25) is 5.78 Å². The van der Waals surface area contributed by atoms with Crippen molar-refractivity contribution in [3.8, 4) is 22.9 Å². The summed E-state index contributed by atoms with van der Waals surface area (Å²) in [5.74, 6) is -0.682. The van der Waals surface area contributed by atoms with Crippen molar-refractivity contribution < 1.29 is 46.6 Å². The highest BCUT2D eigenvalue weighted by Gasteiger charge is 2.49. The number of aromatic amines is 1. The van der Waals surface area contributed by atoms with Gasteiger partial charge in [-0.3, -0.25) is 9.59 Å². The number of anilines is 2. The van der Waals surface area contributed by atoms with Crippen LogP contribution in [0.5, 0.6) is 17.2 Å². The number of nitrogen functional groups attached to an aromatic ring is 1. The van der Waals surface area contributed by atoms with Crippen LogP contribution in [-0.4, -0.2) is 75.7 Å². The minimum Gasteiger partial charge on any atom is -0.485 e. The minimum atomic E-state index is -2.80. The molecule has 5 N–H and O–H groups in total. The van der Waals surface area contributed by atoms with Gasteiger partial charge in [0.1, 0.15) is 30.0 Å². The number of nitrogens with zero attached hydrogens (tertiary/aromatic N) is 4. The molecule has 0 bridgehead atoms. The standard InChI is InChI=1S/C33H27F3N6O5.C5H11NO2/c1-17-11-19(47-27-7-3-2-5-21(27)34)8-9-24(17)42-31(37)20(15-38-42)30(43)23-12-18-13-28(46-16-29(35)36)26(14-22(18)39-23)41-32(44)25-6-4-10-40(25)33(41)45;1-4(2)3-8-5(6)7/h2-3,5,7-9,11-15,25,29,39H,4,6,10,16,37H2,1H3;4H,3H2,1-2H3,(H2,6,7)/t25-;/m0./s1. The van der Waals surface area contributed by atoms with Gasteiger partial charge in [0.15, 0.2) is 11.6 Å². The van der Waals surface area contributed by atoms with Gasteiger partial charge in [-0.05, 0) is 79.8 Å². The van der Waals surface area contributed by atoms with Crippen LogP contribution in [0.3, 0.4) is 0 Å². The number of fused-ring (bicyclic) bond motifs is 2. The average molecular weight is 762 g/mol. The molecule has 7 rings (SSSR count). The van der Waals surface area contributed by atoms with E-state index in [0.717, 1.165) is 4.90 Å². The monoisotopic (exact) mass is 761 g/mol. The number of nitrogens with one attached hydrogen (secondary N) is 1. The Morgan fingerprint density at radius 3 is 2.44 bits per heavy atom. The first kappa shape index (κ1) is 38.2. The largest absolute Gasteiger partial charge is 0.485 e. The number of rotatable bonds is 11. The van der Waals surface area contributed by atoms with Gasteiger partial charge in [0.25, 0.3) is 12.3 Å². The number of hydrogen-bond donors (Lipinski definition) is 3. The van der Waals surface area contributed by atoms with Crippen LogP contribution in [0.1, 0.15) is 48.3 Å². The molecule has 0 unspecified atom stereocenters. The SMILES string of the molecule is CC(C)COC(N)=O.Cc1cc(Oc2ccccc2F)ccc1-n1ncc(C(=O)c2cc3cc(OCC(F)F)c(N4C(=O)[C@@H]5CCCN5C4=O)cc3[nH]2)c1N. The molecule has 1 atom stereocenters. The van der Waals surface area contributed by atoms with Crippen LogP contribution in [0, 0.1) is 18.7 Å². The maximum Gasteiger partial charge on any atom is 0.404 e. The third-order valence-electron chi connectivity index (χ3n) is 8.82. The van der Waals surface area contributed by atoms with Crippen LogP contribution >= 0.6 is 0 Å². The minimum absolute atomic E-state index is 0.00800. The Bertz CT molecular complexity index is 2250. The van der Waals surface area contributed by atoms with Gasteiger partial charge in [-0.25, -0.2) is 32.3 Å². The van der Waals surface area contributed by atoms with Crippen molar-refractivity contribution >= 4 is 46.2 Å². The van der Waals surface area contributed by atoms with E-state index in [9.17, 15) is 32.3 Å². The Labute approximate surface area is 312 Å². The number of carbonyl (C=O) groups excluding carboxylic acids is 4. The van der Waals surface area contributed by atoms with Gasteiger partial charge in [0, 0.05) is 17.4 Å². The van der Waals surface area contributed by atoms with E-state index in [0.29, 0.717) is 59.8 Å². The fourth-order valence-corrected chi connectivity index (χ4v) is 6.26. The number of alkyl halides is 2. The van der Waals surface area contributed by atoms with Crippen molar-refractivity contribution in [3.05, 3.63) is 89.5 Å². The number of ether oxygens (including phenoxy) is 3. The molecule has 0 saturated carbocycles. The zero-order valence-electron chi connectivity index (χ0n) is 30.1. The molecule has 3 aromatic carbocycles. The van der Waals surface area contributed by atoms with Crippen LogP contribution < -0.4 is 25.8 Å². The van der Waals surface area contributed by atoms with E-state index in [2.05, 4.69) is 20.6 Å². The Balaban J connectivity index is 0.000000581. The van der Waals surface area contributed by atoms with Crippen molar-refractivity contribution in [1.29, 1.82) is 0 Å². The number of aromatic nitrogens is 3. The fraction of sp³-hybridized carbons (Fsp3) is 0.289. The summed E-state index contributed by atoms with van der Waals surface area (Å²) in [5, 5.41) is 4.74. The average Bonchev–Trinajstić information content (AvgIpc) is 3.92. The lowest BCUT2D eigenvalue weighted by Gasteiger charge is -2.19. The number of aryl methyl sites for hydroxylation is 1. The molecule has 0 spiro atoms. The summed E-state index contributed by atoms with van der Waals surface area (Å²) < 4.78 is 57.1. The summed E-state index contributed by atoms with van der Waals surface area (Å²) in [6, 6.07) is 14.2. The van der Waals surface area contributed by atoms with E-state index >= 15 is 0 Å². The zero-order valence-corrected chi connectivity index (χ0v) is 30.1. The number of hydrogen-bond acceptors (Lipinski definition) is 9. The lowest BCUT2D eigenvalue weighted by molar-refractivity contribution is -0.119. The topological polar surface area (TPSA) is 188 Å². The summed E-state index contributed by atoms with van der Waals surface area (Å²) in [6.07, 6.45) is -0.963. The first-order valence-electron chi connectivity index (χ1n) is 17.3. The number of urea groups is 1. The lowest BCUT2D eigenvalue weighted by atomic mass is 10.1. The van der Waals surface area contributed by atoms with Gasteiger partial charge in [-0.15, -0.1) is 0 Å². The Kier molecular flexibility index (Phi) is 11.0. The van der Waals surface area contributed by atoms with Crippen LogP contribution in [0.15, 0.2) is 66.9 Å². The van der Waals surface area contributed by atoms with Crippen LogP contribution in [0.4, 0.5) is 34.3 Å². The summed E-state index contributed by atoms with van der Waals surface area (Å²) in [7, 11) is 0. The molecule has 4 heterocycles. The van der Waals surface area contributed by atoms with Crippen molar-refractivity contribution in [3.63, 3.8) is 0 Å². The van der Waals surface area contributed by atoms with E-state index in [1.165, 1.54) is 46.1 Å². The molecule has 288 valence electrons. The first-order valence-corrected chi connectivity index (χ1v) is 17.3. The lowest BCUT2D eigenvalue weighted by Crippen LogP contribution is -2.33. The maximum absolute atomic E-state index is 14.1. The number of carbonyl (C=O) groups is 4. The van der Waals surface area contributed by atoms with Crippen molar-refractivity contribution in [1.82, 2.24) is 19.7 Å². The Hall–Kier alpha value is -6.52. The van der Waals surface area contributed by atoms with Crippen LogP contribution in [0.25, 0.3) is 16.6 Å².